The van der Waals surface area contributed by atoms with Crippen LogP contribution in [0.15, 0.2) is 30.3 Å². The second-order valence-corrected chi connectivity index (χ2v) is 5.38. The highest BCUT2D eigenvalue weighted by atomic mass is 16.5. The second-order valence-electron chi connectivity index (χ2n) is 5.38. The van der Waals surface area contributed by atoms with E-state index in [0.717, 1.165) is 0 Å². The Labute approximate surface area is 141 Å². The van der Waals surface area contributed by atoms with Gasteiger partial charge >= 0.3 is 5.97 Å². The van der Waals surface area contributed by atoms with E-state index in [1.54, 1.807) is 38.1 Å². The predicted octanol–water partition coefficient (Wildman–Crippen LogP) is 0.933. The van der Waals surface area contributed by atoms with E-state index in [4.69, 9.17) is 15.2 Å². The van der Waals surface area contributed by atoms with Gasteiger partial charge in [0.15, 0.2) is 6.10 Å². The lowest BCUT2D eigenvalue weighted by Gasteiger charge is -2.22. The Kier molecular flexibility index (Phi) is 7.91. The van der Waals surface area contributed by atoms with Crippen molar-refractivity contribution in [2.24, 2.45) is 11.7 Å². The van der Waals surface area contributed by atoms with Crippen molar-refractivity contribution in [3.8, 4) is 0 Å². The molecule has 0 aromatic heterocycles. The zero-order chi connectivity index (χ0) is 18.1. The van der Waals surface area contributed by atoms with E-state index in [2.05, 4.69) is 5.32 Å². The summed E-state index contributed by atoms with van der Waals surface area (Å²) in [5, 5.41) is 2.55. The summed E-state index contributed by atoms with van der Waals surface area (Å²) in [6, 6.07) is 7.88. The maximum Gasteiger partial charge on any atom is 0.308 e. The number of ether oxygens (including phenoxy) is 2. The number of esters is 1. The zero-order valence-corrected chi connectivity index (χ0v) is 14.2. The summed E-state index contributed by atoms with van der Waals surface area (Å²) in [6.07, 6.45) is -0.809. The monoisotopic (exact) mass is 336 g/mol. The number of nitrogens with two attached hydrogens (primary N) is 1. The van der Waals surface area contributed by atoms with Crippen molar-refractivity contribution in [3.05, 3.63) is 35.9 Å². The zero-order valence-electron chi connectivity index (χ0n) is 14.2. The minimum Gasteiger partial charge on any atom is -0.466 e. The van der Waals surface area contributed by atoms with Crippen molar-refractivity contribution in [1.82, 2.24) is 5.32 Å². The third-order valence-corrected chi connectivity index (χ3v) is 3.51. The van der Waals surface area contributed by atoms with Gasteiger partial charge in [-0.1, -0.05) is 37.3 Å². The number of benzene rings is 1. The lowest BCUT2D eigenvalue weighted by atomic mass is 10.0. The van der Waals surface area contributed by atoms with Crippen molar-refractivity contribution in [3.63, 3.8) is 0 Å². The molecule has 0 fully saturated rings. The smallest absolute Gasteiger partial charge is 0.308 e. The average molecular weight is 336 g/mol. The molecule has 7 nitrogen and oxygen atoms in total. The van der Waals surface area contributed by atoms with E-state index in [0.29, 0.717) is 5.56 Å². The lowest BCUT2D eigenvalue weighted by Crippen LogP contribution is -2.47. The molecule has 132 valence electrons. The molecule has 1 aromatic rings. The Morgan fingerprint density at radius 2 is 1.83 bits per heavy atom. The van der Waals surface area contributed by atoms with Gasteiger partial charge in [-0.25, -0.2) is 0 Å². The summed E-state index contributed by atoms with van der Waals surface area (Å²) in [4.78, 5) is 35.7. The maximum absolute atomic E-state index is 12.4. The third-order valence-electron chi connectivity index (χ3n) is 3.51. The van der Waals surface area contributed by atoms with E-state index in [9.17, 15) is 14.4 Å². The molecule has 0 aliphatic heterocycles. The molecule has 3 atom stereocenters. The molecule has 2 amide bonds. The van der Waals surface area contributed by atoms with Gasteiger partial charge in [0, 0.05) is 7.11 Å². The minimum absolute atomic E-state index is 0.0606. The van der Waals surface area contributed by atoms with Crippen LogP contribution in [0.1, 0.15) is 31.9 Å². The van der Waals surface area contributed by atoms with E-state index in [-0.39, 0.29) is 13.0 Å². The highest BCUT2D eigenvalue weighted by Gasteiger charge is 2.28. The van der Waals surface area contributed by atoms with Crippen LogP contribution >= 0.6 is 0 Å². The van der Waals surface area contributed by atoms with E-state index >= 15 is 0 Å². The van der Waals surface area contributed by atoms with Gasteiger partial charge in [0.25, 0.3) is 5.91 Å². The molecule has 0 aliphatic carbocycles. The number of methoxy groups -OCH3 is 1. The molecule has 3 N–H and O–H groups in total. The third kappa shape index (κ3) is 5.66. The van der Waals surface area contributed by atoms with E-state index < -0.39 is 35.8 Å². The molecule has 1 aromatic carbocycles. The Morgan fingerprint density at radius 3 is 2.33 bits per heavy atom. The van der Waals surface area contributed by atoms with E-state index in [1.807, 2.05) is 6.07 Å². The first kappa shape index (κ1) is 19.6. The quantitative estimate of drug-likeness (QED) is 0.652. The number of nitrogens with one attached hydrogen (secondary N) is 1. The van der Waals surface area contributed by atoms with Gasteiger partial charge in [-0.3, -0.25) is 14.4 Å². The fourth-order valence-corrected chi connectivity index (χ4v) is 2.25. The van der Waals surface area contributed by atoms with Gasteiger partial charge in [0.05, 0.1) is 12.5 Å². The molecule has 0 spiro atoms. The number of primary amides is 1. The number of hydrogen-bond acceptors (Lipinski definition) is 5. The molecule has 0 saturated heterocycles. The maximum atomic E-state index is 12.4. The van der Waals surface area contributed by atoms with Crippen molar-refractivity contribution in [1.29, 1.82) is 0 Å². The van der Waals surface area contributed by atoms with Crippen molar-refractivity contribution in [2.75, 3.05) is 13.7 Å². The van der Waals surface area contributed by atoms with Crippen molar-refractivity contribution < 1.29 is 23.9 Å². The molecule has 0 radical (unpaired) electrons. The summed E-state index contributed by atoms with van der Waals surface area (Å²) in [5.74, 6) is -2.23. The molecule has 0 saturated carbocycles. The number of rotatable bonds is 9. The average Bonchev–Trinajstić information content (AvgIpc) is 2.55. The standard InChI is InChI=1S/C17H24N2O5/c1-4-24-17(22)11(2)10-13(15(18)20)19-16(21)14(23-3)12-8-6-5-7-9-12/h5-9,11,13-14H,4,10H2,1-3H3,(H2,18,20)(H,19,21)/t11-,13-,14+/m1/s1. The summed E-state index contributed by atoms with van der Waals surface area (Å²) >= 11 is 0. The fraction of sp³-hybridized carbons (Fsp3) is 0.471. The highest BCUT2D eigenvalue weighted by molar-refractivity contribution is 5.89. The SMILES string of the molecule is CCOC(=O)[C@H](C)C[C@@H](NC(=O)[C@@H](OC)c1ccccc1)C(N)=O. The number of carbonyl (C=O) groups is 3. The molecule has 0 aliphatic rings. The van der Waals surface area contributed by atoms with Crippen molar-refractivity contribution in [2.45, 2.75) is 32.4 Å². The number of hydrogen-bond donors (Lipinski definition) is 2. The van der Waals surface area contributed by atoms with Gasteiger partial charge in [-0.15, -0.1) is 0 Å². The number of carbonyl (C=O) groups excluding carboxylic acids is 3. The van der Waals surface area contributed by atoms with Crippen LogP contribution in [0.2, 0.25) is 0 Å². The van der Waals surface area contributed by atoms with Gasteiger partial charge in [0.2, 0.25) is 5.91 Å². The molecule has 0 bridgehead atoms. The molecule has 0 heterocycles. The predicted molar refractivity (Wildman–Crippen MR) is 87.7 cm³/mol. The van der Waals surface area contributed by atoms with Crippen LogP contribution in [-0.4, -0.2) is 37.5 Å². The van der Waals surface area contributed by atoms with Crippen LogP contribution in [0.25, 0.3) is 0 Å². The Balaban J connectivity index is 2.78. The molecular formula is C17H24N2O5. The van der Waals surface area contributed by atoms with Gasteiger partial charge in [-0.2, -0.15) is 0 Å². The fourth-order valence-electron chi connectivity index (χ4n) is 2.25. The second kappa shape index (κ2) is 9.67. The highest BCUT2D eigenvalue weighted by Crippen LogP contribution is 2.17. The van der Waals surface area contributed by atoms with Crippen molar-refractivity contribution >= 4 is 17.8 Å². The normalized spacial score (nSPS) is 14.3. The first-order chi connectivity index (χ1) is 11.4. The Hall–Kier alpha value is -2.41. The largest absolute Gasteiger partial charge is 0.466 e. The van der Waals surface area contributed by atoms with Gasteiger partial charge in [0.1, 0.15) is 6.04 Å². The van der Waals surface area contributed by atoms with Crippen LogP contribution < -0.4 is 11.1 Å². The number of amides is 2. The topological polar surface area (TPSA) is 108 Å². The van der Waals surface area contributed by atoms with Crippen LogP contribution in [-0.2, 0) is 23.9 Å². The molecular weight excluding hydrogens is 312 g/mol. The Morgan fingerprint density at radius 1 is 1.21 bits per heavy atom. The van der Waals surface area contributed by atoms with Gasteiger partial charge in [-0.05, 0) is 18.9 Å². The van der Waals surface area contributed by atoms with Crippen LogP contribution in [0.3, 0.4) is 0 Å². The summed E-state index contributed by atoms with van der Waals surface area (Å²) in [6.45, 7) is 3.56. The van der Waals surface area contributed by atoms with E-state index in [1.165, 1.54) is 7.11 Å². The van der Waals surface area contributed by atoms with Crippen LogP contribution in [0.4, 0.5) is 0 Å². The first-order valence-electron chi connectivity index (χ1n) is 7.74. The molecule has 7 heteroatoms. The summed E-state index contributed by atoms with van der Waals surface area (Å²) in [5.41, 5.74) is 5.99. The Bertz CT molecular complexity index is 561. The van der Waals surface area contributed by atoms with Crippen LogP contribution in [0, 0.1) is 5.92 Å². The minimum atomic E-state index is -0.988. The molecule has 24 heavy (non-hydrogen) atoms. The molecule has 1 rings (SSSR count). The summed E-state index contributed by atoms with van der Waals surface area (Å²) < 4.78 is 10.1. The summed E-state index contributed by atoms with van der Waals surface area (Å²) in [7, 11) is 1.40. The van der Waals surface area contributed by atoms with Gasteiger partial charge < -0.3 is 20.5 Å². The first-order valence-corrected chi connectivity index (χ1v) is 7.74. The molecule has 0 unspecified atom stereocenters. The lowest BCUT2D eigenvalue weighted by molar-refractivity contribution is -0.148. The van der Waals surface area contributed by atoms with Crippen LogP contribution in [0.5, 0.6) is 0 Å².